The van der Waals surface area contributed by atoms with Crippen LogP contribution in [0.4, 0.5) is 4.39 Å². The minimum absolute atomic E-state index is 0.130. The Morgan fingerprint density at radius 2 is 1.84 bits per heavy atom. The predicted molar refractivity (Wildman–Crippen MR) is 114 cm³/mol. The van der Waals surface area contributed by atoms with Gasteiger partial charge in [-0.3, -0.25) is 9.59 Å². The number of ether oxygens (including phenoxy) is 1. The average molecular weight is 425 g/mol. The molecule has 2 amide bonds. The number of halogens is 1. The number of fused-ring (bicyclic) bond motifs is 1. The van der Waals surface area contributed by atoms with E-state index in [-0.39, 0.29) is 24.8 Å². The Balaban J connectivity index is 1.49. The number of para-hydroxylation sites is 1. The van der Waals surface area contributed by atoms with Gasteiger partial charge in [-0.15, -0.1) is 0 Å². The van der Waals surface area contributed by atoms with Gasteiger partial charge in [0.1, 0.15) is 11.9 Å². The number of esters is 1. The van der Waals surface area contributed by atoms with Gasteiger partial charge in [0.15, 0.2) is 0 Å². The molecule has 0 aliphatic rings. The van der Waals surface area contributed by atoms with Crippen LogP contribution in [0.3, 0.4) is 0 Å². The Morgan fingerprint density at radius 1 is 1.10 bits per heavy atom. The van der Waals surface area contributed by atoms with Crippen LogP contribution in [0.15, 0.2) is 54.7 Å². The highest BCUT2D eigenvalue weighted by Crippen LogP contribution is 2.19. The van der Waals surface area contributed by atoms with Crippen LogP contribution in [0.1, 0.15) is 28.8 Å². The van der Waals surface area contributed by atoms with Crippen LogP contribution in [-0.2, 0) is 20.7 Å². The number of rotatable bonds is 9. The maximum absolute atomic E-state index is 12.9. The molecule has 1 atom stereocenters. The first-order valence-corrected chi connectivity index (χ1v) is 9.94. The number of hydrogen-bond donors (Lipinski definition) is 3. The topological polar surface area (TPSA) is 100 Å². The second-order valence-electron chi connectivity index (χ2n) is 7.07. The summed E-state index contributed by atoms with van der Waals surface area (Å²) in [6, 6.07) is 12.1. The highest BCUT2D eigenvalue weighted by atomic mass is 19.1. The monoisotopic (exact) mass is 425 g/mol. The smallest absolute Gasteiger partial charge is 0.328 e. The molecule has 1 heterocycles. The zero-order valence-corrected chi connectivity index (χ0v) is 17.1. The molecule has 0 unspecified atom stereocenters. The number of aromatic amines is 1. The molecule has 0 bridgehead atoms. The molecule has 1 aromatic heterocycles. The first kappa shape index (κ1) is 22.0. The number of H-pyrrole nitrogens is 1. The largest absolute Gasteiger partial charge is 0.467 e. The van der Waals surface area contributed by atoms with Crippen molar-refractivity contribution in [3.05, 3.63) is 71.7 Å². The molecule has 0 radical (unpaired) electrons. The first-order chi connectivity index (χ1) is 15.0. The standard InChI is InChI=1S/C23H24FN3O4/c1-31-23(30)20(13-16-14-26-19-6-3-2-5-18(16)19)27-21(28)7-4-12-25-22(29)15-8-10-17(24)11-9-15/h2-3,5-6,8-11,14,20,26H,4,7,12-13H2,1H3,(H,25,29)(H,27,28)/t20-/m1/s1. The summed E-state index contributed by atoms with van der Waals surface area (Å²) in [7, 11) is 1.28. The van der Waals surface area contributed by atoms with Crippen LogP contribution in [0.5, 0.6) is 0 Å². The molecule has 162 valence electrons. The third-order valence-corrected chi connectivity index (χ3v) is 4.89. The quantitative estimate of drug-likeness (QED) is 0.363. The molecule has 8 heteroatoms. The summed E-state index contributed by atoms with van der Waals surface area (Å²) >= 11 is 0. The lowest BCUT2D eigenvalue weighted by Gasteiger charge is -2.16. The summed E-state index contributed by atoms with van der Waals surface area (Å²) in [6.45, 7) is 0.273. The van der Waals surface area contributed by atoms with Gasteiger partial charge in [0.25, 0.3) is 5.91 Å². The van der Waals surface area contributed by atoms with E-state index in [0.29, 0.717) is 18.4 Å². The number of carbonyl (C=O) groups excluding carboxylic acids is 3. The molecule has 0 saturated heterocycles. The van der Waals surface area contributed by atoms with Crippen LogP contribution in [-0.4, -0.2) is 42.5 Å². The lowest BCUT2D eigenvalue weighted by Crippen LogP contribution is -2.43. The fourth-order valence-electron chi connectivity index (χ4n) is 3.28. The van der Waals surface area contributed by atoms with Crippen LogP contribution in [0.2, 0.25) is 0 Å². The van der Waals surface area contributed by atoms with Crippen molar-refractivity contribution in [1.82, 2.24) is 15.6 Å². The Kier molecular flexibility index (Phi) is 7.37. The number of nitrogens with one attached hydrogen (secondary N) is 3. The Morgan fingerprint density at radius 3 is 2.58 bits per heavy atom. The highest BCUT2D eigenvalue weighted by molar-refractivity contribution is 5.94. The first-order valence-electron chi connectivity index (χ1n) is 9.94. The van der Waals surface area contributed by atoms with Crippen molar-refractivity contribution < 1.29 is 23.5 Å². The van der Waals surface area contributed by atoms with E-state index in [0.717, 1.165) is 16.5 Å². The predicted octanol–water partition coefficient (Wildman–Crippen LogP) is 2.72. The fourth-order valence-corrected chi connectivity index (χ4v) is 3.28. The van der Waals surface area contributed by atoms with Gasteiger partial charge in [-0.05, 0) is 42.3 Å². The zero-order chi connectivity index (χ0) is 22.2. The van der Waals surface area contributed by atoms with Crippen LogP contribution in [0, 0.1) is 5.82 Å². The van der Waals surface area contributed by atoms with Gasteiger partial charge in [0, 0.05) is 42.0 Å². The minimum atomic E-state index is -0.814. The molecule has 0 aliphatic heterocycles. The number of carbonyl (C=O) groups is 3. The molecule has 0 spiro atoms. The number of methoxy groups -OCH3 is 1. The fraction of sp³-hybridized carbons (Fsp3) is 0.261. The summed E-state index contributed by atoms with van der Waals surface area (Å²) < 4.78 is 17.8. The third kappa shape index (κ3) is 5.91. The van der Waals surface area contributed by atoms with E-state index in [9.17, 15) is 18.8 Å². The van der Waals surface area contributed by atoms with Crippen molar-refractivity contribution in [2.75, 3.05) is 13.7 Å². The number of amides is 2. The van der Waals surface area contributed by atoms with Gasteiger partial charge in [0.05, 0.1) is 7.11 Å². The van der Waals surface area contributed by atoms with E-state index in [1.54, 1.807) is 0 Å². The molecule has 3 aromatic rings. The van der Waals surface area contributed by atoms with E-state index in [1.165, 1.54) is 31.4 Å². The van der Waals surface area contributed by atoms with Gasteiger partial charge in [-0.1, -0.05) is 18.2 Å². The van der Waals surface area contributed by atoms with E-state index in [2.05, 4.69) is 15.6 Å². The Labute approximate surface area is 179 Å². The van der Waals surface area contributed by atoms with Gasteiger partial charge < -0.3 is 20.4 Å². The SMILES string of the molecule is COC(=O)[C@@H](Cc1c[nH]c2ccccc12)NC(=O)CCCNC(=O)c1ccc(F)cc1. The summed E-state index contributed by atoms with van der Waals surface area (Å²) in [5.74, 6) is -1.59. The van der Waals surface area contributed by atoms with E-state index in [1.807, 2.05) is 30.5 Å². The molecule has 0 saturated carbocycles. The van der Waals surface area contributed by atoms with Gasteiger partial charge in [-0.25, -0.2) is 9.18 Å². The normalized spacial score (nSPS) is 11.7. The average Bonchev–Trinajstić information content (AvgIpc) is 3.19. The number of benzene rings is 2. The zero-order valence-electron chi connectivity index (χ0n) is 17.1. The van der Waals surface area contributed by atoms with Crippen molar-refractivity contribution in [3.63, 3.8) is 0 Å². The lowest BCUT2D eigenvalue weighted by atomic mass is 10.0. The molecule has 3 rings (SSSR count). The van der Waals surface area contributed by atoms with Crippen molar-refractivity contribution in [3.8, 4) is 0 Å². The summed E-state index contributed by atoms with van der Waals surface area (Å²) in [5, 5.41) is 6.38. The molecule has 31 heavy (non-hydrogen) atoms. The van der Waals surface area contributed by atoms with Crippen molar-refractivity contribution in [2.24, 2.45) is 0 Å². The van der Waals surface area contributed by atoms with E-state index in [4.69, 9.17) is 4.74 Å². The van der Waals surface area contributed by atoms with Gasteiger partial charge in [-0.2, -0.15) is 0 Å². The maximum Gasteiger partial charge on any atom is 0.328 e. The molecule has 0 fully saturated rings. The molecule has 2 aromatic carbocycles. The minimum Gasteiger partial charge on any atom is -0.467 e. The van der Waals surface area contributed by atoms with Crippen LogP contribution in [0.25, 0.3) is 10.9 Å². The summed E-state index contributed by atoms with van der Waals surface area (Å²) in [4.78, 5) is 39.7. The van der Waals surface area contributed by atoms with Crippen LogP contribution >= 0.6 is 0 Å². The Hall–Kier alpha value is -3.68. The van der Waals surface area contributed by atoms with Crippen molar-refractivity contribution >= 4 is 28.7 Å². The lowest BCUT2D eigenvalue weighted by molar-refractivity contribution is -0.145. The van der Waals surface area contributed by atoms with E-state index >= 15 is 0 Å². The van der Waals surface area contributed by atoms with Crippen molar-refractivity contribution in [2.45, 2.75) is 25.3 Å². The Bertz CT molecular complexity index is 1060. The third-order valence-electron chi connectivity index (χ3n) is 4.89. The van der Waals surface area contributed by atoms with Gasteiger partial charge in [0.2, 0.25) is 5.91 Å². The number of hydrogen-bond acceptors (Lipinski definition) is 4. The molecule has 0 aliphatic carbocycles. The maximum atomic E-state index is 12.9. The molecule has 3 N–H and O–H groups in total. The summed E-state index contributed by atoms with van der Waals surface area (Å²) in [5.41, 5.74) is 2.19. The highest BCUT2D eigenvalue weighted by Gasteiger charge is 2.23. The summed E-state index contributed by atoms with van der Waals surface area (Å²) in [6.07, 6.45) is 2.63. The van der Waals surface area contributed by atoms with Gasteiger partial charge >= 0.3 is 5.97 Å². The second-order valence-corrected chi connectivity index (χ2v) is 7.07. The van der Waals surface area contributed by atoms with Crippen LogP contribution < -0.4 is 10.6 Å². The molecular weight excluding hydrogens is 401 g/mol. The van der Waals surface area contributed by atoms with Crippen molar-refractivity contribution in [1.29, 1.82) is 0 Å². The molecular formula is C23H24FN3O4. The second kappa shape index (κ2) is 10.4. The number of aromatic nitrogens is 1. The van der Waals surface area contributed by atoms with E-state index < -0.39 is 17.8 Å². The molecule has 7 nitrogen and oxygen atoms in total.